The van der Waals surface area contributed by atoms with Crippen molar-refractivity contribution in [1.29, 1.82) is 0 Å². The number of nitrogens with zero attached hydrogens (tertiary/aromatic N) is 4. The fourth-order valence-corrected chi connectivity index (χ4v) is 3.72. The zero-order valence-corrected chi connectivity index (χ0v) is 17.9. The van der Waals surface area contributed by atoms with Gasteiger partial charge in [0, 0.05) is 12.6 Å². The van der Waals surface area contributed by atoms with Gasteiger partial charge < -0.3 is 27.2 Å². The second-order valence-electron chi connectivity index (χ2n) is 7.37. The van der Waals surface area contributed by atoms with Gasteiger partial charge in [-0.05, 0) is 53.1 Å². The Hall–Kier alpha value is -2.64. The van der Waals surface area contributed by atoms with Crippen LogP contribution >= 0.6 is 0 Å². The highest BCUT2D eigenvalue weighted by Gasteiger charge is 2.15. The second-order valence-corrected chi connectivity index (χ2v) is 7.37. The summed E-state index contributed by atoms with van der Waals surface area (Å²) in [7, 11) is 1.64. The number of halogens is 1. The molecular formula is C22H27ClN5O2-. The number of hydrogen-bond donors (Lipinski definition) is 1. The molecular weight excluding hydrogens is 402 g/mol. The summed E-state index contributed by atoms with van der Waals surface area (Å²) in [6.45, 7) is 0.822. The van der Waals surface area contributed by atoms with Gasteiger partial charge in [-0.3, -0.25) is 0 Å². The third-order valence-electron chi connectivity index (χ3n) is 5.32. The van der Waals surface area contributed by atoms with Gasteiger partial charge in [0.2, 0.25) is 0 Å². The maximum absolute atomic E-state index is 5.97. The molecule has 0 spiro atoms. The number of ether oxygens (including phenoxy) is 2. The number of hydrogen-bond acceptors (Lipinski definition) is 6. The molecule has 1 aliphatic carbocycles. The number of methoxy groups -OCH3 is 1. The Morgan fingerprint density at radius 1 is 1.00 bits per heavy atom. The summed E-state index contributed by atoms with van der Waals surface area (Å²) < 4.78 is 13.1. The van der Waals surface area contributed by atoms with Crippen molar-refractivity contribution in [3.8, 4) is 23.2 Å². The molecule has 0 unspecified atom stereocenters. The van der Waals surface area contributed by atoms with E-state index in [0.717, 1.165) is 12.2 Å². The largest absolute Gasteiger partial charge is 1.00 e. The maximum atomic E-state index is 5.97. The van der Waals surface area contributed by atoms with Gasteiger partial charge in [-0.25, -0.2) is 0 Å². The molecule has 0 bridgehead atoms. The minimum Gasteiger partial charge on any atom is -1.00 e. The van der Waals surface area contributed by atoms with Gasteiger partial charge >= 0.3 is 6.01 Å². The van der Waals surface area contributed by atoms with Crippen LogP contribution in [0.2, 0.25) is 0 Å². The van der Waals surface area contributed by atoms with Crippen molar-refractivity contribution < 1.29 is 21.9 Å². The Morgan fingerprint density at radius 3 is 2.50 bits per heavy atom. The minimum absolute atomic E-state index is 0. The first-order valence-electron chi connectivity index (χ1n) is 10.3. The molecule has 4 rings (SSSR count). The second kappa shape index (κ2) is 10.9. The Balaban J connectivity index is 0.00000256. The Kier molecular flexibility index (Phi) is 8.04. The van der Waals surface area contributed by atoms with Crippen LogP contribution in [0.3, 0.4) is 0 Å². The third kappa shape index (κ3) is 5.49. The molecule has 3 aromatic rings. The zero-order valence-electron chi connectivity index (χ0n) is 17.1. The van der Waals surface area contributed by atoms with Crippen LogP contribution in [0.25, 0.3) is 5.69 Å². The molecule has 0 radical (unpaired) electrons. The summed E-state index contributed by atoms with van der Waals surface area (Å²) in [5.41, 5.74) is 2.00. The normalized spacial score (nSPS) is 14.6. The average molecular weight is 429 g/mol. The Labute approximate surface area is 183 Å². The number of rotatable bonds is 7. The number of para-hydroxylation sites is 1. The smallest absolute Gasteiger partial charge is 0.346 e. The summed E-state index contributed by atoms with van der Waals surface area (Å²) in [5.74, 6) is 1.24. The molecule has 7 nitrogen and oxygen atoms in total. The molecule has 1 fully saturated rings. The van der Waals surface area contributed by atoms with E-state index >= 15 is 0 Å². The highest BCUT2D eigenvalue weighted by molar-refractivity contribution is 5.44. The van der Waals surface area contributed by atoms with Crippen LogP contribution < -0.4 is 27.2 Å². The molecule has 1 aromatic heterocycles. The lowest BCUT2D eigenvalue weighted by Crippen LogP contribution is -3.00. The van der Waals surface area contributed by atoms with E-state index in [2.05, 4.69) is 26.9 Å². The molecule has 1 aliphatic rings. The van der Waals surface area contributed by atoms with Crippen molar-refractivity contribution in [2.24, 2.45) is 0 Å². The summed E-state index contributed by atoms with van der Waals surface area (Å²) in [5, 5.41) is 15.5. The highest BCUT2D eigenvalue weighted by Crippen LogP contribution is 2.32. The first-order valence-corrected chi connectivity index (χ1v) is 10.3. The quantitative estimate of drug-likeness (QED) is 0.571. The molecule has 2 aromatic carbocycles. The fourth-order valence-electron chi connectivity index (χ4n) is 3.72. The van der Waals surface area contributed by atoms with E-state index < -0.39 is 0 Å². The van der Waals surface area contributed by atoms with Crippen LogP contribution in [0.15, 0.2) is 48.5 Å². The lowest BCUT2D eigenvalue weighted by molar-refractivity contribution is -0.00000695. The molecule has 1 N–H and O–H groups in total. The molecule has 8 heteroatoms. The number of nitrogens with one attached hydrogen (secondary N) is 1. The zero-order chi connectivity index (χ0) is 19.9. The molecule has 1 heterocycles. The first kappa shape index (κ1) is 22.1. The van der Waals surface area contributed by atoms with Crippen molar-refractivity contribution in [1.82, 2.24) is 25.5 Å². The predicted molar refractivity (Wildman–Crippen MR) is 111 cm³/mol. The summed E-state index contributed by atoms with van der Waals surface area (Å²) in [6, 6.07) is 16.5. The number of benzene rings is 2. The van der Waals surface area contributed by atoms with Crippen molar-refractivity contribution >= 4 is 0 Å². The molecule has 0 amide bonds. The first-order chi connectivity index (χ1) is 14.3. The van der Waals surface area contributed by atoms with E-state index in [-0.39, 0.29) is 12.4 Å². The van der Waals surface area contributed by atoms with Crippen molar-refractivity contribution in [3.63, 3.8) is 0 Å². The van der Waals surface area contributed by atoms with E-state index in [1.807, 2.05) is 42.5 Å². The highest BCUT2D eigenvalue weighted by atomic mass is 35.5. The molecule has 0 saturated heterocycles. The van der Waals surface area contributed by atoms with E-state index in [9.17, 15) is 0 Å². The van der Waals surface area contributed by atoms with Gasteiger partial charge in [-0.2, -0.15) is 4.68 Å². The molecule has 0 aliphatic heterocycles. The van der Waals surface area contributed by atoms with Gasteiger partial charge in [-0.15, -0.1) is 0 Å². The average Bonchev–Trinajstić information content (AvgIpc) is 3.07. The molecule has 30 heavy (non-hydrogen) atoms. The van der Waals surface area contributed by atoms with Crippen LogP contribution in [0.4, 0.5) is 0 Å². The van der Waals surface area contributed by atoms with Gasteiger partial charge in [0.25, 0.3) is 0 Å². The third-order valence-corrected chi connectivity index (χ3v) is 5.32. The summed E-state index contributed by atoms with van der Waals surface area (Å²) in [6.07, 6.45) is 7.90. The fraction of sp³-hybridized carbons (Fsp3) is 0.409. The number of aromatic nitrogens is 4. The van der Waals surface area contributed by atoms with Crippen LogP contribution in [0, 0.1) is 0 Å². The number of tetrazole rings is 1. The Bertz CT molecular complexity index is 911. The van der Waals surface area contributed by atoms with Crippen LogP contribution in [-0.2, 0) is 6.54 Å². The molecule has 0 atom stereocenters. The standard InChI is InChI=1S/C22H27N5O2.ClH/c1-28-21-15-17(16-23-18-9-5-2-3-6-10-18)13-14-20(21)29-22-24-25-26-27(22)19-11-7-4-8-12-19;/h4,7-8,11-15,18,23H,2-3,5-6,9-10,16H2,1H3;1H/p-1. The van der Waals surface area contributed by atoms with Gasteiger partial charge in [0.15, 0.2) is 11.5 Å². The van der Waals surface area contributed by atoms with E-state index in [4.69, 9.17) is 9.47 Å². The van der Waals surface area contributed by atoms with E-state index in [1.165, 1.54) is 44.1 Å². The monoisotopic (exact) mass is 428 g/mol. The van der Waals surface area contributed by atoms with E-state index in [1.54, 1.807) is 11.8 Å². The van der Waals surface area contributed by atoms with Crippen molar-refractivity contribution in [3.05, 3.63) is 54.1 Å². The predicted octanol–water partition coefficient (Wildman–Crippen LogP) is 1.28. The van der Waals surface area contributed by atoms with Crippen LogP contribution in [-0.4, -0.2) is 33.4 Å². The minimum atomic E-state index is 0. The SMILES string of the molecule is COc1cc(CNC2CCCCCC2)ccc1Oc1nnnn1-c1ccccc1.[Cl-]. The van der Waals surface area contributed by atoms with E-state index in [0.29, 0.717) is 23.6 Å². The summed E-state index contributed by atoms with van der Waals surface area (Å²) >= 11 is 0. The Morgan fingerprint density at radius 2 is 1.77 bits per heavy atom. The summed E-state index contributed by atoms with van der Waals surface area (Å²) in [4.78, 5) is 0. The lowest BCUT2D eigenvalue weighted by atomic mass is 10.1. The van der Waals surface area contributed by atoms with Gasteiger partial charge in [0.05, 0.1) is 12.8 Å². The topological polar surface area (TPSA) is 74.1 Å². The maximum Gasteiger partial charge on any atom is 0.346 e. The van der Waals surface area contributed by atoms with Crippen LogP contribution in [0.5, 0.6) is 17.5 Å². The molecule has 1 saturated carbocycles. The van der Waals surface area contributed by atoms with Crippen LogP contribution in [0.1, 0.15) is 44.1 Å². The van der Waals surface area contributed by atoms with Gasteiger partial charge in [0.1, 0.15) is 0 Å². The van der Waals surface area contributed by atoms with Crippen molar-refractivity contribution in [2.45, 2.75) is 51.1 Å². The lowest BCUT2D eigenvalue weighted by Gasteiger charge is -2.17. The molecule has 160 valence electrons. The van der Waals surface area contributed by atoms with Crippen molar-refractivity contribution in [2.75, 3.05) is 7.11 Å². The van der Waals surface area contributed by atoms with Gasteiger partial charge in [-0.1, -0.05) is 55.0 Å².